The third-order valence-corrected chi connectivity index (χ3v) is 12.4. The molecule has 0 atom stereocenters. The molecule has 12 rings (SSSR count). The normalized spacial score (nSPS) is 11.7. The molecule has 6 nitrogen and oxygen atoms in total. The second kappa shape index (κ2) is 13.9. The largest absolute Gasteiger partial charge is 0.309 e. The van der Waals surface area contributed by atoms with E-state index in [4.69, 9.17) is 24.9 Å². The summed E-state index contributed by atoms with van der Waals surface area (Å²) >= 11 is 1.77. The molecular formula is C53H32N6S. The summed E-state index contributed by atoms with van der Waals surface area (Å²) in [6, 6.07) is 67.4. The van der Waals surface area contributed by atoms with Crippen LogP contribution in [0.15, 0.2) is 194 Å². The van der Waals surface area contributed by atoms with Gasteiger partial charge in [-0.05, 0) is 54.6 Å². The molecule has 12 aromatic rings. The highest BCUT2D eigenvalue weighted by Gasteiger charge is 2.20. The van der Waals surface area contributed by atoms with E-state index in [0.29, 0.717) is 23.3 Å². The maximum Gasteiger partial charge on any atom is 0.164 e. The van der Waals surface area contributed by atoms with Crippen LogP contribution in [0.5, 0.6) is 0 Å². The monoisotopic (exact) mass is 784 g/mol. The van der Waals surface area contributed by atoms with E-state index in [1.165, 1.54) is 21.0 Å². The molecule has 0 unspecified atom stereocenters. The zero-order chi connectivity index (χ0) is 39.6. The number of benzene rings is 8. The fourth-order valence-corrected chi connectivity index (χ4v) is 9.59. The van der Waals surface area contributed by atoms with E-state index >= 15 is 0 Å². The molecule has 0 radical (unpaired) electrons. The standard InChI is InChI=1S/C53H32N6S/c1-4-15-33(16-5-1)50-56-51(34-17-6-2-7-18-34)58-53(57-50)41-23-14-26-47-48(41)42-31-36(28-30-46(42)60-47)52-54-43-24-12-10-22-40(43)49(55-52)35-27-29-39-38-21-11-13-25-44(38)59(45(39)32-35)37-19-8-3-9-20-37/h1-32H. The van der Waals surface area contributed by atoms with Crippen LogP contribution in [0.2, 0.25) is 0 Å². The van der Waals surface area contributed by atoms with Crippen molar-refractivity contribution in [1.29, 1.82) is 0 Å². The van der Waals surface area contributed by atoms with Crippen molar-refractivity contribution in [3.8, 4) is 62.5 Å². The van der Waals surface area contributed by atoms with Crippen molar-refractivity contribution < 1.29 is 0 Å². The first-order valence-electron chi connectivity index (χ1n) is 19.9. The van der Waals surface area contributed by atoms with Crippen LogP contribution in [0.25, 0.3) is 115 Å². The second-order valence-electron chi connectivity index (χ2n) is 14.9. The lowest BCUT2D eigenvalue weighted by Crippen LogP contribution is -2.00. The van der Waals surface area contributed by atoms with Gasteiger partial charge in [0.2, 0.25) is 0 Å². The predicted molar refractivity (Wildman–Crippen MR) is 247 cm³/mol. The van der Waals surface area contributed by atoms with Gasteiger partial charge in [0.15, 0.2) is 23.3 Å². The van der Waals surface area contributed by atoms with Gasteiger partial charge in [0.1, 0.15) is 0 Å². The van der Waals surface area contributed by atoms with Crippen LogP contribution in [0.3, 0.4) is 0 Å². The number of hydrogen-bond acceptors (Lipinski definition) is 6. The maximum atomic E-state index is 5.40. The molecule has 0 aliphatic heterocycles. The van der Waals surface area contributed by atoms with Gasteiger partial charge in [0, 0.05) is 69.8 Å². The summed E-state index contributed by atoms with van der Waals surface area (Å²) in [5.41, 5.74) is 10.0. The van der Waals surface area contributed by atoms with Crippen molar-refractivity contribution in [2.75, 3.05) is 0 Å². The van der Waals surface area contributed by atoms with E-state index in [-0.39, 0.29) is 0 Å². The molecule has 4 heterocycles. The van der Waals surface area contributed by atoms with E-state index in [1.807, 2.05) is 66.7 Å². The van der Waals surface area contributed by atoms with Crippen molar-refractivity contribution in [2.24, 2.45) is 0 Å². The van der Waals surface area contributed by atoms with E-state index in [1.54, 1.807) is 11.3 Å². The van der Waals surface area contributed by atoms with Gasteiger partial charge in [0.05, 0.1) is 22.2 Å². The van der Waals surface area contributed by atoms with Crippen molar-refractivity contribution >= 4 is 64.2 Å². The van der Waals surface area contributed by atoms with E-state index < -0.39 is 0 Å². The summed E-state index contributed by atoms with van der Waals surface area (Å²) in [5, 5.41) is 5.64. The Morgan fingerprint density at radius 1 is 0.350 bits per heavy atom. The Labute approximate surface area is 348 Å². The molecular weight excluding hydrogens is 753 g/mol. The van der Waals surface area contributed by atoms with Gasteiger partial charge in [-0.3, -0.25) is 0 Å². The highest BCUT2D eigenvalue weighted by atomic mass is 32.1. The molecule has 8 aromatic carbocycles. The maximum absolute atomic E-state index is 5.40. The lowest BCUT2D eigenvalue weighted by atomic mass is 10.0. The number of fused-ring (bicyclic) bond motifs is 7. The Hall–Kier alpha value is -7.87. The van der Waals surface area contributed by atoms with E-state index in [2.05, 4.69) is 132 Å². The number of para-hydroxylation sites is 3. The fraction of sp³-hybridized carbons (Fsp3) is 0. The minimum absolute atomic E-state index is 0.631. The van der Waals surface area contributed by atoms with Crippen LogP contribution < -0.4 is 0 Å². The zero-order valence-electron chi connectivity index (χ0n) is 32.1. The van der Waals surface area contributed by atoms with Crippen LogP contribution in [0.4, 0.5) is 0 Å². The number of rotatable bonds is 6. The molecule has 0 fully saturated rings. The van der Waals surface area contributed by atoms with E-state index in [9.17, 15) is 0 Å². The number of nitrogens with zero attached hydrogens (tertiary/aromatic N) is 6. The molecule has 4 aromatic heterocycles. The molecule has 0 spiro atoms. The lowest BCUT2D eigenvalue weighted by molar-refractivity contribution is 1.08. The Balaban J connectivity index is 1.04. The third-order valence-electron chi connectivity index (χ3n) is 11.3. The summed E-state index contributed by atoms with van der Waals surface area (Å²) in [6.45, 7) is 0. The number of hydrogen-bond donors (Lipinski definition) is 0. The van der Waals surface area contributed by atoms with Crippen LogP contribution in [-0.2, 0) is 0 Å². The lowest BCUT2D eigenvalue weighted by Gasteiger charge is -2.12. The summed E-state index contributed by atoms with van der Waals surface area (Å²) in [7, 11) is 0. The van der Waals surface area contributed by atoms with Crippen LogP contribution in [0, 0.1) is 0 Å². The average Bonchev–Trinajstić information content (AvgIpc) is 3.87. The van der Waals surface area contributed by atoms with Gasteiger partial charge in [0.25, 0.3) is 0 Å². The summed E-state index contributed by atoms with van der Waals surface area (Å²) < 4.78 is 4.68. The molecule has 0 saturated heterocycles. The quantitative estimate of drug-likeness (QED) is 0.168. The Bertz CT molecular complexity index is 3540. The number of thiophene rings is 1. The third kappa shape index (κ3) is 5.67. The molecule has 280 valence electrons. The minimum Gasteiger partial charge on any atom is -0.309 e. The van der Waals surface area contributed by atoms with Gasteiger partial charge in [-0.1, -0.05) is 140 Å². The van der Waals surface area contributed by atoms with Gasteiger partial charge in [-0.15, -0.1) is 11.3 Å². The van der Waals surface area contributed by atoms with Crippen LogP contribution in [-0.4, -0.2) is 29.5 Å². The van der Waals surface area contributed by atoms with Gasteiger partial charge in [-0.25, -0.2) is 24.9 Å². The SMILES string of the molecule is c1ccc(-c2nc(-c3ccccc3)nc(-c3cccc4sc5ccc(-c6nc(-c7ccc8c9ccccc9n(-c9ccccc9)c8c7)c7ccccc7n6)cc5c34)n2)cc1. The zero-order valence-corrected chi connectivity index (χ0v) is 32.9. The molecule has 0 aliphatic rings. The molecule has 0 saturated carbocycles. The van der Waals surface area contributed by atoms with Crippen molar-refractivity contribution in [2.45, 2.75) is 0 Å². The Morgan fingerprint density at radius 2 is 0.967 bits per heavy atom. The first-order chi connectivity index (χ1) is 29.7. The second-order valence-corrected chi connectivity index (χ2v) is 15.9. The van der Waals surface area contributed by atoms with Crippen molar-refractivity contribution in [1.82, 2.24) is 29.5 Å². The molecule has 0 aliphatic carbocycles. The van der Waals surface area contributed by atoms with Crippen LogP contribution >= 0.6 is 11.3 Å². The van der Waals surface area contributed by atoms with Gasteiger partial charge >= 0.3 is 0 Å². The number of aromatic nitrogens is 6. The minimum atomic E-state index is 0.631. The molecule has 60 heavy (non-hydrogen) atoms. The fourth-order valence-electron chi connectivity index (χ4n) is 8.48. The molecule has 0 amide bonds. The molecule has 0 N–H and O–H groups in total. The van der Waals surface area contributed by atoms with Gasteiger partial charge < -0.3 is 4.57 Å². The summed E-state index contributed by atoms with van der Waals surface area (Å²) in [5.74, 6) is 2.57. The van der Waals surface area contributed by atoms with Crippen LogP contribution in [0.1, 0.15) is 0 Å². The highest BCUT2D eigenvalue weighted by molar-refractivity contribution is 7.26. The predicted octanol–water partition coefficient (Wildman–Crippen LogP) is 13.6. The smallest absolute Gasteiger partial charge is 0.164 e. The Kier molecular flexibility index (Phi) is 7.92. The average molecular weight is 785 g/mol. The highest BCUT2D eigenvalue weighted by Crippen LogP contribution is 2.42. The summed E-state index contributed by atoms with van der Waals surface area (Å²) in [4.78, 5) is 25.8. The van der Waals surface area contributed by atoms with Gasteiger partial charge in [-0.2, -0.15) is 0 Å². The Morgan fingerprint density at radius 3 is 1.73 bits per heavy atom. The topological polar surface area (TPSA) is 69.4 Å². The molecule has 0 bridgehead atoms. The molecule has 7 heteroatoms. The van der Waals surface area contributed by atoms with E-state index in [0.717, 1.165) is 71.1 Å². The summed E-state index contributed by atoms with van der Waals surface area (Å²) in [6.07, 6.45) is 0. The first kappa shape index (κ1) is 34.2. The van der Waals surface area contributed by atoms with Crippen molar-refractivity contribution in [3.05, 3.63) is 194 Å². The first-order valence-corrected chi connectivity index (χ1v) is 20.7. The van der Waals surface area contributed by atoms with Crippen molar-refractivity contribution in [3.63, 3.8) is 0 Å².